The zero-order valence-electron chi connectivity index (χ0n) is 16.1. The van der Waals surface area contributed by atoms with E-state index in [4.69, 9.17) is 11.6 Å². The van der Waals surface area contributed by atoms with Crippen molar-refractivity contribution in [1.82, 2.24) is 9.55 Å². The number of hydrogen-bond acceptors (Lipinski definition) is 6. The largest absolute Gasteiger partial charge is 0.325 e. The minimum absolute atomic E-state index is 0.00662. The van der Waals surface area contributed by atoms with E-state index in [-0.39, 0.29) is 33.6 Å². The fraction of sp³-hybridized carbons (Fsp3) is 0.250. The number of thioether (sulfide) groups is 1. The van der Waals surface area contributed by atoms with E-state index >= 15 is 0 Å². The molecule has 0 bridgehead atoms. The van der Waals surface area contributed by atoms with Crippen molar-refractivity contribution in [2.24, 2.45) is 0 Å². The van der Waals surface area contributed by atoms with Crippen LogP contribution in [0.3, 0.4) is 0 Å². The van der Waals surface area contributed by atoms with Gasteiger partial charge in [0, 0.05) is 18.3 Å². The molecule has 156 valence electrons. The Morgan fingerprint density at radius 2 is 2.07 bits per heavy atom. The number of nitrogens with zero attached hydrogens (tertiary/aromatic N) is 3. The normalized spacial score (nSPS) is 10.9. The number of nitrogens with one attached hydrogen (secondary N) is 1. The number of halogens is 1. The minimum atomic E-state index is -0.613. The smallest absolute Gasteiger partial charge is 0.289 e. The molecule has 0 aliphatic carbocycles. The van der Waals surface area contributed by atoms with Gasteiger partial charge in [-0.3, -0.25) is 24.3 Å². The number of rotatable bonds is 8. The summed E-state index contributed by atoms with van der Waals surface area (Å²) in [5, 5.41) is 14.6. The lowest BCUT2D eigenvalue weighted by molar-refractivity contribution is -0.384. The number of fused-ring (bicyclic) bond motifs is 1. The van der Waals surface area contributed by atoms with E-state index in [0.29, 0.717) is 22.6 Å². The first-order chi connectivity index (χ1) is 14.4. The van der Waals surface area contributed by atoms with Crippen molar-refractivity contribution in [1.29, 1.82) is 0 Å². The lowest BCUT2D eigenvalue weighted by atomic mass is 10.2. The summed E-state index contributed by atoms with van der Waals surface area (Å²) in [6.45, 7) is 2.55. The number of unbranched alkanes of at least 4 members (excludes halogenated alkanes) is 1. The Bertz CT molecular complexity index is 1170. The van der Waals surface area contributed by atoms with Gasteiger partial charge < -0.3 is 5.32 Å². The van der Waals surface area contributed by atoms with Crippen molar-refractivity contribution in [3.05, 3.63) is 68.0 Å². The van der Waals surface area contributed by atoms with E-state index < -0.39 is 4.92 Å². The Labute approximate surface area is 181 Å². The van der Waals surface area contributed by atoms with Crippen molar-refractivity contribution in [3.63, 3.8) is 0 Å². The number of nitro groups is 1. The summed E-state index contributed by atoms with van der Waals surface area (Å²) >= 11 is 6.94. The third kappa shape index (κ3) is 4.98. The molecule has 1 aromatic heterocycles. The molecular weight excluding hydrogens is 428 g/mol. The summed E-state index contributed by atoms with van der Waals surface area (Å²) in [5.41, 5.74) is 0.426. The van der Waals surface area contributed by atoms with E-state index in [9.17, 15) is 19.7 Å². The van der Waals surface area contributed by atoms with E-state index in [1.165, 1.54) is 18.2 Å². The fourth-order valence-corrected chi connectivity index (χ4v) is 3.84. The highest BCUT2D eigenvalue weighted by Gasteiger charge is 2.16. The van der Waals surface area contributed by atoms with Crippen molar-refractivity contribution < 1.29 is 9.72 Å². The third-order valence-electron chi connectivity index (χ3n) is 4.32. The van der Waals surface area contributed by atoms with Gasteiger partial charge in [-0.15, -0.1) is 0 Å². The molecule has 1 N–H and O–H groups in total. The van der Waals surface area contributed by atoms with Gasteiger partial charge in [0.15, 0.2) is 5.16 Å². The Morgan fingerprint density at radius 3 is 2.80 bits per heavy atom. The van der Waals surface area contributed by atoms with Gasteiger partial charge >= 0.3 is 0 Å². The van der Waals surface area contributed by atoms with E-state index in [1.807, 2.05) is 6.92 Å². The maximum absolute atomic E-state index is 12.9. The van der Waals surface area contributed by atoms with Crippen LogP contribution >= 0.6 is 23.4 Å². The van der Waals surface area contributed by atoms with Gasteiger partial charge in [-0.25, -0.2) is 4.98 Å². The molecule has 3 aromatic rings. The quantitative estimate of drug-likeness (QED) is 0.236. The number of amides is 1. The van der Waals surface area contributed by atoms with Crippen molar-refractivity contribution in [3.8, 4) is 0 Å². The number of benzene rings is 2. The van der Waals surface area contributed by atoms with Crippen LogP contribution in [0.4, 0.5) is 11.4 Å². The highest BCUT2D eigenvalue weighted by atomic mass is 35.5. The Kier molecular flexibility index (Phi) is 7.07. The molecule has 0 aliphatic heterocycles. The maximum Gasteiger partial charge on any atom is 0.289 e. The number of carbonyl (C=O) groups excluding carboxylic acids is 1. The van der Waals surface area contributed by atoms with Crippen LogP contribution < -0.4 is 10.9 Å². The van der Waals surface area contributed by atoms with Gasteiger partial charge in [-0.2, -0.15) is 0 Å². The predicted octanol–water partition coefficient (Wildman–Crippen LogP) is 4.49. The molecule has 3 rings (SSSR count). The van der Waals surface area contributed by atoms with Crippen molar-refractivity contribution in [2.75, 3.05) is 11.1 Å². The van der Waals surface area contributed by atoms with Crippen LogP contribution in [0.15, 0.2) is 52.4 Å². The average Bonchev–Trinajstić information content (AvgIpc) is 2.73. The molecule has 10 heteroatoms. The molecule has 8 nitrogen and oxygen atoms in total. The standard InChI is InChI=1S/C20H19ClN4O4S/c1-2-3-10-24-19(27)14-6-4-5-7-16(14)23-20(24)30-12-18(26)22-13-8-9-15(21)17(11-13)25(28)29/h4-9,11H,2-3,10,12H2,1H3,(H,22,26). The van der Waals surface area contributed by atoms with Crippen LogP contribution in [0.2, 0.25) is 5.02 Å². The van der Waals surface area contributed by atoms with Crippen molar-refractivity contribution >= 4 is 51.5 Å². The van der Waals surface area contributed by atoms with Crippen LogP contribution in [0, 0.1) is 10.1 Å². The number of anilines is 1. The number of nitro benzene ring substituents is 1. The SMILES string of the molecule is CCCCn1c(SCC(=O)Nc2ccc(Cl)c([N+](=O)[O-])c2)nc2ccccc2c1=O. The average molecular weight is 447 g/mol. The molecule has 2 aromatic carbocycles. The van der Waals surface area contributed by atoms with Gasteiger partial charge in [0.1, 0.15) is 5.02 Å². The van der Waals surface area contributed by atoms with Gasteiger partial charge in [-0.05, 0) is 30.7 Å². The highest BCUT2D eigenvalue weighted by Crippen LogP contribution is 2.27. The highest BCUT2D eigenvalue weighted by molar-refractivity contribution is 7.99. The molecule has 30 heavy (non-hydrogen) atoms. The molecule has 0 aliphatic rings. The van der Waals surface area contributed by atoms with Crippen LogP contribution in [-0.4, -0.2) is 26.1 Å². The lowest BCUT2D eigenvalue weighted by Crippen LogP contribution is -2.24. The second-order valence-electron chi connectivity index (χ2n) is 6.48. The maximum atomic E-state index is 12.9. The monoisotopic (exact) mass is 446 g/mol. The number of para-hydroxylation sites is 1. The Hall–Kier alpha value is -2.91. The van der Waals surface area contributed by atoms with Gasteiger partial charge in [0.2, 0.25) is 5.91 Å². The van der Waals surface area contributed by atoms with Gasteiger partial charge in [0.25, 0.3) is 11.2 Å². The second kappa shape index (κ2) is 9.73. The topological polar surface area (TPSA) is 107 Å². The zero-order chi connectivity index (χ0) is 21.7. The molecule has 0 saturated heterocycles. The van der Waals surface area contributed by atoms with Gasteiger partial charge in [0.05, 0.1) is 21.6 Å². The molecule has 1 heterocycles. The lowest BCUT2D eigenvalue weighted by Gasteiger charge is -2.12. The van der Waals surface area contributed by atoms with E-state index in [2.05, 4.69) is 10.3 Å². The van der Waals surface area contributed by atoms with Crippen LogP contribution in [-0.2, 0) is 11.3 Å². The first-order valence-electron chi connectivity index (χ1n) is 9.27. The zero-order valence-corrected chi connectivity index (χ0v) is 17.7. The summed E-state index contributed by atoms with van der Waals surface area (Å²) in [7, 11) is 0. The number of aromatic nitrogens is 2. The van der Waals surface area contributed by atoms with Crippen LogP contribution in [0.5, 0.6) is 0 Å². The Balaban J connectivity index is 1.79. The molecule has 0 atom stereocenters. The molecule has 0 fully saturated rings. The summed E-state index contributed by atoms with van der Waals surface area (Å²) in [4.78, 5) is 40.2. The first-order valence-corrected chi connectivity index (χ1v) is 10.6. The summed E-state index contributed by atoms with van der Waals surface area (Å²) in [6.07, 6.45) is 1.73. The molecule has 0 unspecified atom stereocenters. The molecule has 0 radical (unpaired) electrons. The van der Waals surface area contributed by atoms with E-state index in [0.717, 1.165) is 24.6 Å². The van der Waals surface area contributed by atoms with E-state index in [1.54, 1.807) is 28.8 Å². The third-order valence-corrected chi connectivity index (χ3v) is 5.62. The molecule has 0 spiro atoms. The van der Waals surface area contributed by atoms with Crippen LogP contribution in [0.25, 0.3) is 10.9 Å². The Morgan fingerprint density at radius 1 is 1.30 bits per heavy atom. The summed E-state index contributed by atoms with van der Waals surface area (Å²) in [6, 6.07) is 11.1. The van der Waals surface area contributed by atoms with Crippen LogP contribution in [0.1, 0.15) is 19.8 Å². The number of hydrogen-bond donors (Lipinski definition) is 1. The minimum Gasteiger partial charge on any atom is -0.325 e. The number of carbonyl (C=O) groups is 1. The fourth-order valence-electron chi connectivity index (χ4n) is 2.83. The summed E-state index contributed by atoms with van der Waals surface area (Å²) in [5.74, 6) is -0.381. The molecule has 0 saturated carbocycles. The first kappa shape index (κ1) is 21.8. The summed E-state index contributed by atoms with van der Waals surface area (Å²) < 4.78 is 1.59. The van der Waals surface area contributed by atoms with Crippen molar-refractivity contribution in [2.45, 2.75) is 31.5 Å². The van der Waals surface area contributed by atoms with Gasteiger partial charge in [-0.1, -0.05) is 48.8 Å². The molecular formula is C20H19ClN4O4S. The second-order valence-corrected chi connectivity index (χ2v) is 7.83. The molecule has 1 amide bonds. The predicted molar refractivity (Wildman–Crippen MR) is 118 cm³/mol.